The number of nitrogens with two attached hydrogens (primary N) is 1. The first-order chi connectivity index (χ1) is 7.83. The third kappa shape index (κ3) is 1.82. The van der Waals surface area contributed by atoms with Crippen LogP contribution >= 0.6 is 0 Å². The Labute approximate surface area is 97.4 Å². The van der Waals surface area contributed by atoms with Crippen molar-refractivity contribution < 1.29 is 0 Å². The summed E-state index contributed by atoms with van der Waals surface area (Å²) in [5.41, 5.74) is 9.76. The molecule has 1 atom stereocenters. The molecule has 0 aromatic heterocycles. The molecule has 1 fully saturated rings. The summed E-state index contributed by atoms with van der Waals surface area (Å²) in [4.78, 5) is 2.68. The van der Waals surface area contributed by atoms with Gasteiger partial charge in [0, 0.05) is 11.7 Å². The van der Waals surface area contributed by atoms with Gasteiger partial charge in [-0.2, -0.15) is 0 Å². The van der Waals surface area contributed by atoms with Crippen molar-refractivity contribution in [1.82, 2.24) is 4.90 Å². The number of hydrogen-bond acceptors (Lipinski definition) is 2. The molecule has 0 amide bonds. The molecule has 16 heavy (non-hydrogen) atoms. The smallest absolute Gasteiger partial charge is 0.0316 e. The molecule has 1 aliphatic heterocycles. The lowest BCUT2D eigenvalue weighted by Crippen LogP contribution is -2.39. The first-order valence-electron chi connectivity index (χ1n) is 6.44. The molecule has 0 spiro atoms. The van der Waals surface area contributed by atoms with Crippen LogP contribution in [0.3, 0.4) is 0 Å². The van der Waals surface area contributed by atoms with E-state index in [2.05, 4.69) is 17.0 Å². The van der Waals surface area contributed by atoms with Gasteiger partial charge in [0.1, 0.15) is 0 Å². The molecule has 2 nitrogen and oxygen atoms in total. The van der Waals surface area contributed by atoms with Gasteiger partial charge in [-0.25, -0.2) is 0 Å². The van der Waals surface area contributed by atoms with Crippen molar-refractivity contribution in [2.75, 3.05) is 18.8 Å². The number of nitrogens with zero attached hydrogens (tertiary/aromatic N) is 1. The van der Waals surface area contributed by atoms with Gasteiger partial charge in [0.15, 0.2) is 0 Å². The Balaban J connectivity index is 1.74. The summed E-state index contributed by atoms with van der Waals surface area (Å²) in [7, 11) is 0. The monoisotopic (exact) mass is 216 g/mol. The van der Waals surface area contributed by atoms with E-state index in [4.69, 9.17) is 5.73 Å². The molecule has 1 heterocycles. The maximum atomic E-state index is 5.84. The topological polar surface area (TPSA) is 29.3 Å². The van der Waals surface area contributed by atoms with Crippen LogP contribution < -0.4 is 5.73 Å². The van der Waals surface area contributed by atoms with E-state index in [-0.39, 0.29) is 0 Å². The molecule has 1 aromatic rings. The Morgan fingerprint density at radius 3 is 2.56 bits per heavy atom. The Hall–Kier alpha value is -1.02. The molecular weight excluding hydrogens is 196 g/mol. The zero-order chi connectivity index (χ0) is 11.0. The Kier molecular flexibility index (Phi) is 2.60. The van der Waals surface area contributed by atoms with Gasteiger partial charge in [-0.05, 0) is 62.0 Å². The van der Waals surface area contributed by atoms with E-state index in [0.29, 0.717) is 0 Å². The average molecular weight is 216 g/mol. The quantitative estimate of drug-likeness (QED) is 0.729. The summed E-state index contributed by atoms with van der Waals surface area (Å²) >= 11 is 0. The third-order valence-electron chi connectivity index (χ3n) is 4.05. The highest BCUT2D eigenvalue weighted by molar-refractivity contribution is 5.47. The predicted octanol–water partition coefficient (Wildman–Crippen LogP) is 2.22. The van der Waals surface area contributed by atoms with Crippen LogP contribution in [-0.4, -0.2) is 24.0 Å². The van der Waals surface area contributed by atoms with Crippen LogP contribution in [0.25, 0.3) is 0 Å². The molecule has 3 rings (SSSR count). The lowest BCUT2D eigenvalue weighted by atomic mass is 10.1. The van der Waals surface area contributed by atoms with Gasteiger partial charge >= 0.3 is 0 Å². The molecule has 0 radical (unpaired) electrons. The van der Waals surface area contributed by atoms with Crippen molar-refractivity contribution >= 4 is 5.69 Å². The lowest BCUT2D eigenvalue weighted by molar-refractivity contribution is 0.168. The number of rotatable bonds is 1. The minimum atomic E-state index is 0.747. The maximum Gasteiger partial charge on any atom is 0.0316 e. The molecular formula is C14H20N2. The summed E-state index contributed by atoms with van der Waals surface area (Å²) < 4.78 is 0. The number of nitrogen functional groups attached to an aromatic ring is 1. The van der Waals surface area contributed by atoms with Crippen LogP contribution in [-0.2, 0) is 12.8 Å². The van der Waals surface area contributed by atoms with Crippen molar-refractivity contribution in [1.29, 1.82) is 0 Å². The SMILES string of the molecule is Nc1ccc2c(c1)C[C@@H](N1CCCCC1)C2. The van der Waals surface area contributed by atoms with Crippen LogP contribution in [0.15, 0.2) is 18.2 Å². The molecule has 0 bridgehead atoms. The zero-order valence-corrected chi connectivity index (χ0v) is 9.78. The van der Waals surface area contributed by atoms with E-state index in [1.54, 1.807) is 0 Å². The van der Waals surface area contributed by atoms with Crippen molar-refractivity contribution in [3.8, 4) is 0 Å². The second-order valence-corrected chi connectivity index (χ2v) is 5.19. The standard InChI is InChI=1S/C14H20N2/c15-13-5-4-11-9-14(10-12(11)8-13)16-6-2-1-3-7-16/h4-5,8,14H,1-3,6-7,9-10,15H2/t14-/m0/s1. The van der Waals surface area contributed by atoms with E-state index in [0.717, 1.165) is 11.7 Å². The van der Waals surface area contributed by atoms with Gasteiger partial charge in [0.2, 0.25) is 0 Å². The van der Waals surface area contributed by atoms with Crippen LogP contribution in [0.1, 0.15) is 30.4 Å². The molecule has 1 aromatic carbocycles. The zero-order valence-electron chi connectivity index (χ0n) is 9.78. The van der Waals surface area contributed by atoms with E-state index in [9.17, 15) is 0 Å². The van der Waals surface area contributed by atoms with Crippen molar-refractivity contribution in [2.24, 2.45) is 0 Å². The maximum absolute atomic E-state index is 5.84. The van der Waals surface area contributed by atoms with E-state index >= 15 is 0 Å². The minimum absolute atomic E-state index is 0.747. The van der Waals surface area contributed by atoms with Crippen molar-refractivity contribution in [3.63, 3.8) is 0 Å². The minimum Gasteiger partial charge on any atom is -0.399 e. The Morgan fingerprint density at radius 2 is 1.75 bits per heavy atom. The number of likely N-dealkylation sites (tertiary alicyclic amines) is 1. The highest BCUT2D eigenvalue weighted by Gasteiger charge is 2.27. The molecule has 1 saturated heterocycles. The van der Waals surface area contributed by atoms with E-state index in [1.807, 2.05) is 6.07 Å². The molecule has 2 aliphatic rings. The summed E-state index contributed by atoms with van der Waals surface area (Å²) in [5, 5.41) is 0. The van der Waals surface area contributed by atoms with Gasteiger partial charge in [-0.1, -0.05) is 12.5 Å². The number of fused-ring (bicyclic) bond motifs is 1. The molecule has 0 unspecified atom stereocenters. The molecule has 0 saturated carbocycles. The fourth-order valence-corrected chi connectivity index (χ4v) is 3.16. The summed E-state index contributed by atoms with van der Waals surface area (Å²) in [6.45, 7) is 2.60. The van der Waals surface area contributed by atoms with Crippen LogP contribution in [0.5, 0.6) is 0 Å². The van der Waals surface area contributed by atoms with Gasteiger partial charge in [0.05, 0.1) is 0 Å². The Morgan fingerprint density at radius 1 is 1.00 bits per heavy atom. The number of benzene rings is 1. The average Bonchev–Trinajstić information content (AvgIpc) is 2.73. The molecule has 2 N–H and O–H groups in total. The highest BCUT2D eigenvalue weighted by atomic mass is 15.2. The van der Waals surface area contributed by atoms with Crippen molar-refractivity contribution in [2.45, 2.75) is 38.1 Å². The number of piperidine rings is 1. The molecule has 86 valence electrons. The fourth-order valence-electron chi connectivity index (χ4n) is 3.16. The largest absolute Gasteiger partial charge is 0.399 e. The number of anilines is 1. The normalized spacial score (nSPS) is 25.6. The van der Waals surface area contributed by atoms with Crippen LogP contribution in [0, 0.1) is 0 Å². The molecule has 2 heteroatoms. The van der Waals surface area contributed by atoms with Crippen LogP contribution in [0.2, 0.25) is 0 Å². The first kappa shape index (κ1) is 10.2. The second-order valence-electron chi connectivity index (χ2n) is 5.19. The van der Waals surface area contributed by atoms with E-state index < -0.39 is 0 Å². The van der Waals surface area contributed by atoms with Crippen LogP contribution in [0.4, 0.5) is 5.69 Å². The summed E-state index contributed by atoms with van der Waals surface area (Å²) in [6, 6.07) is 7.17. The van der Waals surface area contributed by atoms with Gasteiger partial charge < -0.3 is 5.73 Å². The fraction of sp³-hybridized carbons (Fsp3) is 0.571. The third-order valence-corrected chi connectivity index (χ3v) is 4.05. The molecule has 1 aliphatic carbocycles. The highest BCUT2D eigenvalue weighted by Crippen LogP contribution is 2.28. The summed E-state index contributed by atoms with van der Waals surface area (Å²) in [5.74, 6) is 0. The Bertz CT molecular complexity index is 380. The lowest BCUT2D eigenvalue weighted by Gasteiger charge is -2.32. The second kappa shape index (κ2) is 4.10. The van der Waals surface area contributed by atoms with Crippen molar-refractivity contribution in [3.05, 3.63) is 29.3 Å². The van der Waals surface area contributed by atoms with Gasteiger partial charge in [-0.15, -0.1) is 0 Å². The number of hydrogen-bond donors (Lipinski definition) is 1. The van der Waals surface area contributed by atoms with E-state index in [1.165, 1.54) is 56.3 Å². The predicted molar refractivity (Wildman–Crippen MR) is 67.5 cm³/mol. The summed E-state index contributed by atoms with van der Waals surface area (Å²) in [6.07, 6.45) is 6.63. The van der Waals surface area contributed by atoms with Gasteiger partial charge in [0.25, 0.3) is 0 Å². The van der Waals surface area contributed by atoms with Gasteiger partial charge in [-0.3, -0.25) is 4.90 Å². The first-order valence-corrected chi connectivity index (χ1v) is 6.44.